The molecule has 0 aliphatic carbocycles. The van der Waals surface area contributed by atoms with Crippen molar-refractivity contribution in [2.45, 2.75) is 101 Å². The largest absolute Gasteiger partial charge is 0.463 e. The molecule has 15 nitrogen and oxygen atoms in total. The Kier molecular flexibility index (Phi) is 16.3. The van der Waals surface area contributed by atoms with Crippen LogP contribution >= 0.6 is 0 Å². The van der Waals surface area contributed by atoms with E-state index in [1.165, 1.54) is 13.8 Å². The molecule has 1 aromatic heterocycles. The van der Waals surface area contributed by atoms with Gasteiger partial charge in [0.25, 0.3) is 0 Å². The number of nitrogens with zero attached hydrogens (tertiary/aromatic N) is 3. The Morgan fingerprint density at radius 3 is 1.58 bits per heavy atom. The fraction of sp³-hybridized carbons (Fsp3) is 0.346. The first-order valence-corrected chi connectivity index (χ1v) is 22.3. The van der Waals surface area contributed by atoms with Crippen molar-refractivity contribution < 1.29 is 57.7 Å². The standard InChI is InChI=1S/C52H55N3O12/c1-34(56)61-33-44-49(65-35(2)57)46(59)45(58)47(66-44)40-23-25-41(26-24-40)55-27-42(53-54-55)48-51(63-30-38-19-11-5-12-20-38)52(64-31-39-21-13-6-14-22-39)50(62-29-37-17-9-4-10-18-37)43(67-48)32-60-28-36-15-7-3-8-16-36/h3-27,43-52,58-59H,28-33H2,1-2H3/t43-,44-,45+,46-,47-,48-,49-,50-,51-,52+/m1/s1. The molecule has 0 amide bonds. The predicted octanol–water partition coefficient (Wildman–Crippen LogP) is 6.34. The Morgan fingerprint density at radius 1 is 0.552 bits per heavy atom. The maximum Gasteiger partial charge on any atom is 0.303 e. The van der Waals surface area contributed by atoms with Crippen molar-refractivity contribution in [1.29, 1.82) is 0 Å². The molecule has 2 fully saturated rings. The Labute approximate surface area is 389 Å². The first-order chi connectivity index (χ1) is 32.7. The Hall–Kier alpha value is -6.14. The third-order valence-corrected chi connectivity index (χ3v) is 11.6. The number of esters is 2. The van der Waals surface area contributed by atoms with E-state index in [-0.39, 0.29) is 26.4 Å². The van der Waals surface area contributed by atoms with Crippen molar-refractivity contribution in [3.05, 3.63) is 185 Å². The molecule has 15 heteroatoms. The molecular weight excluding hydrogens is 859 g/mol. The highest BCUT2D eigenvalue weighted by atomic mass is 16.6. The lowest BCUT2D eigenvalue weighted by Gasteiger charge is -2.45. The molecule has 5 aromatic carbocycles. The average Bonchev–Trinajstić information content (AvgIpc) is 3.85. The molecule has 0 spiro atoms. The molecule has 350 valence electrons. The van der Waals surface area contributed by atoms with E-state index >= 15 is 0 Å². The van der Waals surface area contributed by atoms with E-state index in [0.29, 0.717) is 30.2 Å². The molecule has 67 heavy (non-hydrogen) atoms. The number of carbonyl (C=O) groups excluding carboxylic acids is 2. The summed E-state index contributed by atoms with van der Waals surface area (Å²) in [7, 11) is 0. The zero-order chi connectivity index (χ0) is 46.5. The van der Waals surface area contributed by atoms with Gasteiger partial charge in [0.2, 0.25) is 0 Å². The molecule has 3 heterocycles. The van der Waals surface area contributed by atoms with Crippen molar-refractivity contribution in [3.8, 4) is 5.69 Å². The van der Waals surface area contributed by atoms with Gasteiger partial charge in [-0.05, 0) is 39.9 Å². The highest BCUT2D eigenvalue weighted by molar-refractivity contribution is 5.66. The Morgan fingerprint density at radius 2 is 1.04 bits per heavy atom. The fourth-order valence-corrected chi connectivity index (χ4v) is 8.26. The van der Waals surface area contributed by atoms with Crippen LogP contribution in [0.5, 0.6) is 0 Å². The number of benzene rings is 5. The Balaban J connectivity index is 1.10. The van der Waals surface area contributed by atoms with Crippen molar-refractivity contribution in [2.24, 2.45) is 0 Å². The summed E-state index contributed by atoms with van der Waals surface area (Å²) in [6.45, 7) is 3.45. The first-order valence-electron chi connectivity index (χ1n) is 22.3. The second kappa shape index (κ2) is 23.0. The van der Waals surface area contributed by atoms with Crippen molar-refractivity contribution in [1.82, 2.24) is 15.0 Å². The van der Waals surface area contributed by atoms with Crippen LogP contribution in [0.2, 0.25) is 0 Å². The summed E-state index contributed by atoms with van der Waals surface area (Å²) in [6, 6.07) is 46.6. The van der Waals surface area contributed by atoms with Gasteiger partial charge in [-0.1, -0.05) is 139 Å². The summed E-state index contributed by atoms with van der Waals surface area (Å²) >= 11 is 0. The molecule has 2 aliphatic rings. The van der Waals surface area contributed by atoms with E-state index in [1.807, 2.05) is 121 Å². The smallest absolute Gasteiger partial charge is 0.303 e. The molecule has 2 aliphatic heterocycles. The second-order valence-electron chi connectivity index (χ2n) is 16.5. The highest BCUT2D eigenvalue weighted by Gasteiger charge is 2.50. The lowest BCUT2D eigenvalue weighted by atomic mass is 9.91. The highest BCUT2D eigenvalue weighted by Crippen LogP contribution is 2.39. The van der Waals surface area contributed by atoms with Gasteiger partial charge in [0.1, 0.15) is 67.2 Å². The molecule has 2 saturated heterocycles. The van der Waals surface area contributed by atoms with Crippen LogP contribution in [0.25, 0.3) is 5.69 Å². The van der Waals surface area contributed by atoms with E-state index in [2.05, 4.69) is 10.3 Å². The fourth-order valence-electron chi connectivity index (χ4n) is 8.26. The van der Waals surface area contributed by atoms with Gasteiger partial charge in [-0.15, -0.1) is 5.10 Å². The minimum Gasteiger partial charge on any atom is -0.463 e. The van der Waals surface area contributed by atoms with Crippen LogP contribution in [0.1, 0.15) is 59.6 Å². The van der Waals surface area contributed by atoms with E-state index in [9.17, 15) is 19.8 Å². The van der Waals surface area contributed by atoms with Crippen LogP contribution in [0, 0.1) is 0 Å². The molecule has 8 rings (SSSR count). The molecular formula is C52H55N3O12. The van der Waals surface area contributed by atoms with E-state index in [0.717, 1.165) is 22.3 Å². The SMILES string of the molecule is CC(=O)OC[C@H]1O[C@H](c2ccc(-n3cc([C@H]4O[C@H](COCc5ccccc5)[C@@H](OCc5ccccc5)[C@H](OCc5ccccc5)[C@@H]4OCc4ccccc4)nn3)cc2)[C@@H](O)[C@@H](O)[C@@H]1OC(C)=O. The van der Waals surface area contributed by atoms with Crippen molar-refractivity contribution in [2.75, 3.05) is 13.2 Å². The van der Waals surface area contributed by atoms with Crippen LogP contribution in [0.3, 0.4) is 0 Å². The lowest BCUT2D eigenvalue weighted by molar-refractivity contribution is -0.275. The quantitative estimate of drug-likeness (QED) is 0.0861. The molecule has 0 unspecified atom stereocenters. The van der Waals surface area contributed by atoms with Gasteiger partial charge in [-0.2, -0.15) is 0 Å². The molecule has 0 bridgehead atoms. The van der Waals surface area contributed by atoms with Gasteiger partial charge in [-0.3, -0.25) is 9.59 Å². The number of carbonyl (C=O) groups is 2. The maximum absolute atomic E-state index is 11.9. The van der Waals surface area contributed by atoms with Crippen LogP contribution < -0.4 is 0 Å². The minimum atomic E-state index is -1.52. The van der Waals surface area contributed by atoms with Crippen LogP contribution in [0.15, 0.2) is 152 Å². The monoisotopic (exact) mass is 913 g/mol. The predicted molar refractivity (Wildman–Crippen MR) is 242 cm³/mol. The third-order valence-electron chi connectivity index (χ3n) is 11.6. The first kappa shape index (κ1) is 47.4. The zero-order valence-corrected chi connectivity index (χ0v) is 37.3. The zero-order valence-electron chi connectivity index (χ0n) is 37.3. The topological polar surface area (TPSA) is 179 Å². The minimum absolute atomic E-state index is 0.171. The summed E-state index contributed by atoms with van der Waals surface area (Å²) < 4.78 is 52.2. The van der Waals surface area contributed by atoms with E-state index in [4.69, 9.17) is 37.9 Å². The normalized spacial score (nSPS) is 25.0. The second-order valence-corrected chi connectivity index (χ2v) is 16.5. The van der Waals surface area contributed by atoms with Crippen LogP contribution in [0.4, 0.5) is 0 Å². The number of rotatable bonds is 19. The number of aliphatic hydroxyl groups excluding tert-OH is 2. The molecule has 6 aromatic rings. The summed E-state index contributed by atoms with van der Waals surface area (Å²) in [5.74, 6) is -1.27. The average molecular weight is 914 g/mol. The van der Waals surface area contributed by atoms with Gasteiger partial charge in [0.15, 0.2) is 6.10 Å². The molecule has 2 N–H and O–H groups in total. The van der Waals surface area contributed by atoms with E-state index in [1.54, 1.807) is 35.1 Å². The van der Waals surface area contributed by atoms with Crippen LogP contribution in [-0.2, 0) is 73.9 Å². The number of ether oxygens (including phenoxy) is 8. The summed E-state index contributed by atoms with van der Waals surface area (Å²) in [6.07, 6.45) is -8.08. The summed E-state index contributed by atoms with van der Waals surface area (Å²) in [5, 5.41) is 31.4. The van der Waals surface area contributed by atoms with Gasteiger partial charge < -0.3 is 48.1 Å². The number of hydrogen-bond donors (Lipinski definition) is 2. The van der Waals surface area contributed by atoms with Crippen molar-refractivity contribution in [3.63, 3.8) is 0 Å². The molecule has 10 atom stereocenters. The molecule has 0 radical (unpaired) electrons. The van der Waals surface area contributed by atoms with Crippen LogP contribution in [-0.4, -0.2) is 99.2 Å². The number of aliphatic hydroxyl groups is 2. The molecule has 0 saturated carbocycles. The summed E-state index contributed by atoms with van der Waals surface area (Å²) in [4.78, 5) is 23.5. The summed E-state index contributed by atoms with van der Waals surface area (Å²) in [5.41, 5.74) is 5.53. The van der Waals surface area contributed by atoms with Crippen molar-refractivity contribution >= 4 is 11.9 Å². The van der Waals surface area contributed by atoms with Gasteiger partial charge >= 0.3 is 11.9 Å². The maximum atomic E-state index is 11.9. The lowest BCUT2D eigenvalue weighted by Crippen LogP contribution is -2.58. The number of aromatic nitrogens is 3. The van der Waals surface area contributed by atoms with Gasteiger partial charge in [-0.25, -0.2) is 4.68 Å². The van der Waals surface area contributed by atoms with Gasteiger partial charge in [0.05, 0.1) is 44.9 Å². The van der Waals surface area contributed by atoms with E-state index < -0.39 is 73.0 Å². The third kappa shape index (κ3) is 12.5. The Bertz CT molecular complexity index is 2440. The number of hydrogen-bond acceptors (Lipinski definition) is 14. The van der Waals surface area contributed by atoms with Gasteiger partial charge in [0, 0.05) is 13.8 Å².